The van der Waals surface area contributed by atoms with E-state index in [9.17, 15) is 9.59 Å². The molecule has 0 aliphatic rings. The molecule has 2 rings (SSSR count). The van der Waals surface area contributed by atoms with E-state index in [1.165, 1.54) is 89.9 Å². The van der Waals surface area contributed by atoms with Gasteiger partial charge in [-0.05, 0) is 30.4 Å². The van der Waals surface area contributed by atoms with Crippen LogP contribution in [0.3, 0.4) is 0 Å². The average molecular weight is 525 g/mol. The van der Waals surface area contributed by atoms with Crippen LogP contribution >= 0.6 is 0 Å². The van der Waals surface area contributed by atoms with Gasteiger partial charge in [0.25, 0.3) is 0 Å². The minimum absolute atomic E-state index is 0.366. The smallest absolute Gasteiger partial charge is 0.338 e. The molecule has 0 fully saturated rings. The second kappa shape index (κ2) is 20.6. The highest BCUT2D eigenvalue weighted by molar-refractivity contribution is 6.13. The maximum Gasteiger partial charge on any atom is 0.338 e. The van der Waals surface area contributed by atoms with E-state index >= 15 is 0 Å². The molecule has 0 amide bonds. The average Bonchev–Trinajstić information content (AvgIpc) is 2.94. The third-order valence-electron chi connectivity index (χ3n) is 7.31. The van der Waals surface area contributed by atoms with Crippen molar-refractivity contribution in [3.8, 4) is 0 Å². The molecule has 0 aliphatic carbocycles. The number of unbranched alkanes of at least 4 members (excludes halogenated alkanes) is 16. The quantitative estimate of drug-likeness (QED) is 0.114. The Hall–Kier alpha value is -2.36. The van der Waals surface area contributed by atoms with Gasteiger partial charge in [-0.3, -0.25) is 0 Å². The molecule has 0 spiro atoms. The summed E-state index contributed by atoms with van der Waals surface area (Å²) in [7, 11) is 0. The van der Waals surface area contributed by atoms with Crippen LogP contribution < -0.4 is 0 Å². The van der Waals surface area contributed by atoms with Gasteiger partial charge in [0.05, 0.1) is 24.3 Å². The van der Waals surface area contributed by atoms with Gasteiger partial charge in [-0.1, -0.05) is 141 Å². The Labute approximate surface area is 231 Å². The van der Waals surface area contributed by atoms with E-state index in [2.05, 4.69) is 13.8 Å². The van der Waals surface area contributed by atoms with E-state index in [4.69, 9.17) is 9.47 Å². The van der Waals surface area contributed by atoms with Crippen molar-refractivity contribution in [2.24, 2.45) is 0 Å². The lowest BCUT2D eigenvalue weighted by Gasteiger charge is -2.12. The summed E-state index contributed by atoms with van der Waals surface area (Å²) in [6, 6.07) is 11.0. The van der Waals surface area contributed by atoms with E-state index in [-0.39, 0.29) is 11.9 Å². The van der Waals surface area contributed by atoms with Gasteiger partial charge >= 0.3 is 11.9 Å². The number of fused-ring (bicyclic) bond motifs is 1. The Morgan fingerprint density at radius 1 is 0.500 bits per heavy atom. The Bertz CT molecular complexity index is 915. The number of hydrogen-bond donors (Lipinski definition) is 0. The van der Waals surface area contributed by atoms with Crippen LogP contribution in [0.2, 0.25) is 0 Å². The highest BCUT2D eigenvalue weighted by Gasteiger charge is 2.19. The first kappa shape index (κ1) is 31.9. The van der Waals surface area contributed by atoms with Gasteiger partial charge in [-0.2, -0.15) is 0 Å². The van der Waals surface area contributed by atoms with Gasteiger partial charge < -0.3 is 9.47 Å². The summed E-state index contributed by atoms with van der Waals surface area (Å²) in [4.78, 5) is 25.8. The lowest BCUT2D eigenvalue weighted by Crippen LogP contribution is -2.11. The Morgan fingerprint density at radius 3 is 1.21 bits per heavy atom. The van der Waals surface area contributed by atoms with Crippen molar-refractivity contribution in [3.05, 3.63) is 47.5 Å². The van der Waals surface area contributed by atoms with Gasteiger partial charge in [0, 0.05) is 5.39 Å². The van der Waals surface area contributed by atoms with Crippen molar-refractivity contribution < 1.29 is 19.1 Å². The van der Waals surface area contributed by atoms with Crippen molar-refractivity contribution in [2.75, 3.05) is 13.2 Å². The predicted octanol–water partition coefficient (Wildman–Crippen LogP) is 10.2. The third kappa shape index (κ3) is 12.5. The SMILES string of the molecule is CCCCCCCCCCCCCCOC(=O)c1cccc2cccc(C(=O)OCCCCCCCC)c12. The maximum absolute atomic E-state index is 12.9. The topological polar surface area (TPSA) is 52.6 Å². The van der Waals surface area contributed by atoms with E-state index in [1.54, 1.807) is 12.1 Å². The number of ether oxygens (including phenoxy) is 2. The molecule has 2 aromatic carbocycles. The zero-order valence-corrected chi connectivity index (χ0v) is 24.2. The maximum atomic E-state index is 12.9. The molecule has 4 nitrogen and oxygen atoms in total. The molecule has 0 N–H and O–H groups in total. The number of carbonyl (C=O) groups excluding carboxylic acids is 2. The van der Waals surface area contributed by atoms with Crippen LogP contribution in [-0.4, -0.2) is 25.2 Å². The van der Waals surface area contributed by atoms with E-state index < -0.39 is 0 Å². The van der Waals surface area contributed by atoms with Gasteiger partial charge in [0.1, 0.15) is 0 Å². The standard InChI is InChI=1S/C34H52O4/c1-3-5-7-9-11-12-13-14-15-16-18-20-28-38-34(36)31-26-22-24-29-23-21-25-30(32(29)31)33(35)37-27-19-17-10-8-6-4-2/h21-26H,3-20,27-28H2,1-2H3. The molecule has 0 unspecified atom stereocenters. The number of benzene rings is 2. The molecule has 38 heavy (non-hydrogen) atoms. The van der Waals surface area contributed by atoms with Crippen LogP contribution in [0.25, 0.3) is 10.8 Å². The van der Waals surface area contributed by atoms with Gasteiger partial charge in [-0.15, -0.1) is 0 Å². The van der Waals surface area contributed by atoms with Gasteiger partial charge in [0.15, 0.2) is 0 Å². The monoisotopic (exact) mass is 524 g/mol. The van der Waals surface area contributed by atoms with Gasteiger partial charge in [-0.25, -0.2) is 9.59 Å². The zero-order chi connectivity index (χ0) is 27.3. The van der Waals surface area contributed by atoms with Crippen LogP contribution in [0, 0.1) is 0 Å². The number of rotatable bonds is 22. The minimum atomic E-state index is -0.370. The lowest BCUT2D eigenvalue weighted by atomic mass is 9.99. The number of carbonyl (C=O) groups is 2. The molecule has 0 aliphatic heterocycles. The fraction of sp³-hybridized carbons (Fsp3) is 0.647. The van der Waals surface area contributed by atoms with Crippen LogP contribution in [0.5, 0.6) is 0 Å². The third-order valence-corrected chi connectivity index (χ3v) is 7.31. The van der Waals surface area contributed by atoms with Crippen LogP contribution in [0.15, 0.2) is 36.4 Å². The van der Waals surface area contributed by atoms with Crippen molar-refractivity contribution in [3.63, 3.8) is 0 Å². The highest BCUT2D eigenvalue weighted by Crippen LogP contribution is 2.25. The second-order valence-corrected chi connectivity index (χ2v) is 10.6. The van der Waals surface area contributed by atoms with Crippen LogP contribution in [0.1, 0.15) is 150 Å². The first-order valence-electron chi connectivity index (χ1n) is 15.5. The summed E-state index contributed by atoms with van der Waals surface area (Å²) in [5.74, 6) is -0.736. The minimum Gasteiger partial charge on any atom is -0.462 e. The van der Waals surface area contributed by atoms with E-state index in [0.717, 1.165) is 31.1 Å². The fourth-order valence-electron chi connectivity index (χ4n) is 4.99. The molecule has 0 radical (unpaired) electrons. The molecule has 0 saturated heterocycles. The first-order valence-corrected chi connectivity index (χ1v) is 15.5. The van der Waals surface area contributed by atoms with Crippen LogP contribution in [0.4, 0.5) is 0 Å². The summed E-state index contributed by atoms with van der Waals surface area (Å²) < 4.78 is 11.2. The Balaban J connectivity index is 1.73. The van der Waals surface area contributed by atoms with Crippen LogP contribution in [-0.2, 0) is 9.47 Å². The van der Waals surface area contributed by atoms with Crippen molar-refractivity contribution in [1.82, 2.24) is 0 Å². The number of hydrogen-bond acceptors (Lipinski definition) is 4. The molecular formula is C34H52O4. The molecule has 0 aromatic heterocycles. The molecule has 0 atom stereocenters. The normalized spacial score (nSPS) is 11.1. The fourth-order valence-corrected chi connectivity index (χ4v) is 4.99. The summed E-state index contributed by atoms with van der Waals surface area (Å²) in [5, 5.41) is 1.47. The zero-order valence-electron chi connectivity index (χ0n) is 24.2. The molecule has 0 bridgehead atoms. The Morgan fingerprint density at radius 2 is 0.842 bits per heavy atom. The summed E-state index contributed by atoms with van der Waals surface area (Å²) in [6.07, 6.45) is 22.1. The summed E-state index contributed by atoms with van der Waals surface area (Å²) >= 11 is 0. The lowest BCUT2D eigenvalue weighted by molar-refractivity contribution is 0.0498. The summed E-state index contributed by atoms with van der Waals surface area (Å²) in [5.41, 5.74) is 0.875. The Kier molecular flexibility index (Phi) is 17.3. The predicted molar refractivity (Wildman–Crippen MR) is 159 cm³/mol. The van der Waals surface area contributed by atoms with Crippen molar-refractivity contribution in [2.45, 2.75) is 129 Å². The molecule has 0 heterocycles. The second-order valence-electron chi connectivity index (χ2n) is 10.6. The summed E-state index contributed by atoms with van der Waals surface area (Å²) in [6.45, 7) is 5.29. The van der Waals surface area contributed by atoms with Crippen molar-refractivity contribution in [1.29, 1.82) is 0 Å². The molecule has 2 aromatic rings. The molecular weight excluding hydrogens is 472 g/mol. The number of esters is 2. The van der Waals surface area contributed by atoms with Gasteiger partial charge in [0.2, 0.25) is 0 Å². The molecule has 0 saturated carbocycles. The molecule has 212 valence electrons. The van der Waals surface area contributed by atoms with Crippen molar-refractivity contribution >= 4 is 22.7 Å². The molecule has 4 heteroatoms. The first-order chi connectivity index (χ1) is 18.7. The van der Waals surface area contributed by atoms with E-state index in [1.807, 2.05) is 24.3 Å². The van der Waals surface area contributed by atoms with E-state index in [0.29, 0.717) is 29.7 Å². The largest absolute Gasteiger partial charge is 0.462 e. The highest BCUT2D eigenvalue weighted by atomic mass is 16.5.